The first-order valence-corrected chi connectivity index (χ1v) is 10.7. The number of benzene rings is 1. The van der Waals surface area contributed by atoms with E-state index in [4.69, 9.17) is 9.47 Å². The summed E-state index contributed by atoms with van der Waals surface area (Å²) in [4.78, 5) is 15.1. The summed E-state index contributed by atoms with van der Waals surface area (Å²) in [5.41, 5.74) is 2.19. The van der Waals surface area contributed by atoms with Crippen LogP contribution in [0, 0.1) is 12.3 Å². The summed E-state index contributed by atoms with van der Waals surface area (Å²) in [6.07, 6.45) is 2.43. The first-order chi connectivity index (χ1) is 14.2. The van der Waals surface area contributed by atoms with Gasteiger partial charge in [0.1, 0.15) is 0 Å². The van der Waals surface area contributed by atoms with Crippen molar-refractivity contribution in [3.63, 3.8) is 0 Å². The molecule has 7 heteroatoms. The lowest BCUT2D eigenvalue weighted by atomic mass is 9.79. The van der Waals surface area contributed by atoms with E-state index in [0.29, 0.717) is 19.5 Å². The number of carbonyl (C=O) groups is 1. The molecule has 0 bridgehead atoms. The van der Waals surface area contributed by atoms with Gasteiger partial charge in [-0.15, -0.1) is 0 Å². The van der Waals surface area contributed by atoms with Crippen LogP contribution in [-0.4, -0.2) is 73.2 Å². The highest BCUT2D eigenvalue weighted by Gasteiger charge is 2.35. The molecule has 1 aromatic carbocycles. The number of aryl methyl sites for hydroxylation is 2. The number of ether oxygens (including phenoxy) is 2. The van der Waals surface area contributed by atoms with E-state index in [2.05, 4.69) is 27.4 Å². The van der Waals surface area contributed by atoms with Crippen LogP contribution in [0.1, 0.15) is 25.0 Å². The predicted molar refractivity (Wildman–Crippen MR) is 112 cm³/mol. The van der Waals surface area contributed by atoms with Crippen LogP contribution in [0.2, 0.25) is 0 Å². The molecule has 0 spiro atoms. The van der Waals surface area contributed by atoms with Crippen LogP contribution in [-0.2, 0) is 20.8 Å². The molecule has 0 radical (unpaired) electrons. The molecule has 1 amide bonds. The van der Waals surface area contributed by atoms with Gasteiger partial charge in [0, 0.05) is 56.6 Å². The van der Waals surface area contributed by atoms with E-state index in [1.807, 2.05) is 23.7 Å². The number of hydrogen-bond acceptors (Lipinski definition) is 5. The predicted octanol–water partition coefficient (Wildman–Crippen LogP) is 1.98. The molecular formula is C22H32N4O3. The zero-order valence-corrected chi connectivity index (χ0v) is 17.4. The SMILES string of the molecule is Cc1nn(CCC(=O)NCC2(CN3CCOCC3)CCOCC2)c2ccccc12. The van der Waals surface area contributed by atoms with E-state index in [9.17, 15) is 4.79 Å². The maximum Gasteiger partial charge on any atom is 0.221 e. The van der Waals surface area contributed by atoms with Crippen molar-refractivity contribution in [1.29, 1.82) is 0 Å². The molecule has 3 heterocycles. The van der Waals surface area contributed by atoms with E-state index in [-0.39, 0.29) is 11.3 Å². The fourth-order valence-electron chi connectivity index (χ4n) is 4.47. The Labute approximate surface area is 172 Å². The summed E-state index contributed by atoms with van der Waals surface area (Å²) in [5, 5.41) is 8.97. The number of carbonyl (C=O) groups excluding carboxylic acids is 1. The first kappa shape index (κ1) is 20.3. The number of aromatic nitrogens is 2. The Morgan fingerprint density at radius 1 is 1.14 bits per heavy atom. The number of nitrogens with zero attached hydrogens (tertiary/aromatic N) is 3. The fourth-order valence-corrected chi connectivity index (χ4v) is 4.47. The van der Waals surface area contributed by atoms with E-state index in [1.165, 1.54) is 0 Å². The summed E-state index contributed by atoms with van der Waals surface area (Å²) >= 11 is 0. The number of hydrogen-bond donors (Lipinski definition) is 1. The Balaban J connectivity index is 1.32. The maximum absolute atomic E-state index is 12.6. The zero-order chi connectivity index (χ0) is 20.1. The molecule has 29 heavy (non-hydrogen) atoms. The average molecular weight is 401 g/mol. The molecule has 0 unspecified atom stereocenters. The molecule has 2 aliphatic heterocycles. The standard InChI is InChI=1S/C22H32N4O3/c1-18-19-4-2-3-5-20(19)26(24-18)9-6-21(27)23-16-22(7-12-28-13-8-22)17-25-10-14-29-15-11-25/h2-5H,6-17H2,1H3,(H,23,27). The van der Waals surface area contributed by atoms with Gasteiger partial charge >= 0.3 is 0 Å². The third kappa shape index (κ3) is 4.97. The highest BCUT2D eigenvalue weighted by Crippen LogP contribution is 2.31. The van der Waals surface area contributed by atoms with Crippen molar-refractivity contribution in [2.24, 2.45) is 5.41 Å². The minimum atomic E-state index is 0.0927. The summed E-state index contributed by atoms with van der Waals surface area (Å²) in [6.45, 7) is 9.43. The second-order valence-corrected chi connectivity index (χ2v) is 8.35. The van der Waals surface area contributed by atoms with Crippen molar-refractivity contribution in [2.45, 2.75) is 32.7 Å². The molecule has 7 nitrogen and oxygen atoms in total. The van der Waals surface area contributed by atoms with Crippen LogP contribution in [0.3, 0.4) is 0 Å². The largest absolute Gasteiger partial charge is 0.381 e. The number of para-hydroxylation sites is 1. The fraction of sp³-hybridized carbons (Fsp3) is 0.636. The van der Waals surface area contributed by atoms with E-state index in [0.717, 1.165) is 75.5 Å². The molecule has 0 atom stereocenters. The lowest BCUT2D eigenvalue weighted by Crippen LogP contribution is -2.50. The Bertz CT molecular complexity index is 823. The molecule has 2 saturated heterocycles. The second-order valence-electron chi connectivity index (χ2n) is 8.35. The van der Waals surface area contributed by atoms with Gasteiger partial charge in [-0.1, -0.05) is 18.2 Å². The summed E-state index contributed by atoms with van der Waals surface area (Å²) in [5.74, 6) is 0.0927. The minimum absolute atomic E-state index is 0.0927. The van der Waals surface area contributed by atoms with Gasteiger partial charge in [-0.05, 0) is 25.8 Å². The maximum atomic E-state index is 12.6. The topological polar surface area (TPSA) is 68.6 Å². The Hall–Kier alpha value is -1.96. The van der Waals surface area contributed by atoms with Crippen LogP contribution < -0.4 is 5.32 Å². The molecule has 2 fully saturated rings. The quantitative estimate of drug-likeness (QED) is 0.770. The minimum Gasteiger partial charge on any atom is -0.381 e. The molecule has 4 rings (SSSR count). The van der Waals surface area contributed by atoms with Gasteiger partial charge in [0.25, 0.3) is 0 Å². The lowest BCUT2D eigenvalue weighted by molar-refractivity contribution is -0.122. The molecule has 1 aromatic heterocycles. The smallest absolute Gasteiger partial charge is 0.221 e. The highest BCUT2D eigenvalue weighted by molar-refractivity contribution is 5.82. The van der Waals surface area contributed by atoms with Crippen LogP contribution in [0.15, 0.2) is 24.3 Å². The van der Waals surface area contributed by atoms with Crippen LogP contribution in [0.4, 0.5) is 0 Å². The van der Waals surface area contributed by atoms with Crippen molar-refractivity contribution in [1.82, 2.24) is 20.0 Å². The Kier molecular flexibility index (Phi) is 6.47. The van der Waals surface area contributed by atoms with Crippen molar-refractivity contribution in [3.8, 4) is 0 Å². The van der Waals surface area contributed by atoms with Gasteiger partial charge in [-0.25, -0.2) is 0 Å². The van der Waals surface area contributed by atoms with E-state index < -0.39 is 0 Å². The van der Waals surface area contributed by atoms with Gasteiger partial charge in [-0.2, -0.15) is 5.10 Å². The summed E-state index contributed by atoms with van der Waals surface area (Å²) in [6, 6.07) is 8.18. The monoisotopic (exact) mass is 400 g/mol. The van der Waals surface area contributed by atoms with Gasteiger partial charge in [0.15, 0.2) is 0 Å². The van der Waals surface area contributed by atoms with Crippen molar-refractivity contribution < 1.29 is 14.3 Å². The van der Waals surface area contributed by atoms with Crippen LogP contribution in [0.25, 0.3) is 10.9 Å². The van der Waals surface area contributed by atoms with Gasteiger partial charge in [0.2, 0.25) is 5.91 Å². The summed E-state index contributed by atoms with van der Waals surface area (Å²) in [7, 11) is 0. The molecule has 2 aromatic rings. The Morgan fingerprint density at radius 3 is 2.66 bits per heavy atom. The molecule has 0 aliphatic carbocycles. The van der Waals surface area contributed by atoms with Crippen LogP contribution >= 0.6 is 0 Å². The third-order valence-electron chi connectivity index (χ3n) is 6.27. The van der Waals surface area contributed by atoms with Crippen LogP contribution in [0.5, 0.6) is 0 Å². The summed E-state index contributed by atoms with van der Waals surface area (Å²) < 4.78 is 13.0. The normalized spacial score (nSPS) is 20.0. The Morgan fingerprint density at radius 2 is 1.86 bits per heavy atom. The van der Waals surface area contributed by atoms with Gasteiger partial charge in [-0.3, -0.25) is 14.4 Å². The zero-order valence-electron chi connectivity index (χ0n) is 17.4. The molecular weight excluding hydrogens is 368 g/mol. The molecule has 2 aliphatic rings. The number of nitrogens with one attached hydrogen (secondary N) is 1. The first-order valence-electron chi connectivity index (χ1n) is 10.7. The average Bonchev–Trinajstić information content (AvgIpc) is 3.08. The van der Waals surface area contributed by atoms with Crippen molar-refractivity contribution in [2.75, 3.05) is 52.6 Å². The van der Waals surface area contributed by atoms with E-state index in [1.54, 1.807) is 0 Å². The highest BCUT2D eigenvalue weighted by atomic mass is 16.5. The molecule has 0 saturated carbocycles. The van der Waals surface area contributed by atoms with Crippen molar-refractivity contribution in [3.05, 3.63) is 30.0 Å². The number of morpholine rings is 1. The second kappa shape index (κ2) is 9.24. The lowest BCUT2D eigenvalue weighted by Gasteiger charge is -2.42. The molecule has 158 valence electrons. The van der Waals surface area contributed by atoms with Crippen molar-refractivity contribution >= 4 is 16.8 Å². The van der Waals surface area contributed by atoms with Gasteiger partial charge < -0.3 is 14.8 Å². The van der Waals surface area contributed by atoms with Gasteiger partial charge in [0.05, 0.1) is 31.0 Å². The molecule has 1 N–H and O–H groups in total. The third-order valence-corrected chi connectivity index (χ3v) is 6.27. The number of rotatable bonds is 7. The number of fused-ring (bicyclic) bond motifs is 1. The number of amides is 1. The van der Waals surface area contributed by atoms with E-state index >= 15 is 0 Å².